The molecule has 0 unspecified atom stereocenters. The van der Waals surface area contributed by atoms with Gasteiger partial charge in [-0.05, 0) is 59.0 Å². The summed E-state index contributed by atoms with van der Waals surface area (Å²) < 4.78 is 5.83. The second-order valence-corrected chi connectivity index (χ2v) is 5.28. The van der Waals surface area contributed by atoms with Crippen molar-refractivity contribution < 1.29 is 14.3 Å². The highest BCUT2D eigenvalue weighted by atomic mass is 127. The molecule has 0 aliphatic rings. The molecule has 0 aliphatic carbocycles. The summed E-state index contributed by atoms with van der Waals surface area (Å²) in [6.07, 6.45) is 0. The van der Waals surface area contributed by atoms with Crippen molar-refractivity contribution in [3.63, 3.8) is 0 Å². The summed E-state index contributed by atoms with van der Waals surface area (Å²) in [5.41, 5.74) is 5.71. The Morgan fingerprint density at radius 2 is 1.57 bits per heavy atom. The second-order valence-electron chi connectivity index (χ2n) is 4.12. The number of methoxy groups -OCH3 is 1. The van der Waals surface area contributed by atoms with Crippen molar-refractivity contribution in [3.05, 3.63) is 63.2 Å². The summed E-state index contributed by atoms with van der Waals surface area (Å²) >= 11 is 2.06. The van der Waals surface area contributed by atoms with Gasteiger partial charge in [-0.3, -0.25) is 20.4 Å². The first-order valence-electron chi connectivity index (χ1n) is 6.11. The van der Waals surface area contributed by atoms with Crippen molar-refractivity contribution in [2.75, 3.05) is 7.11 Å². The average molecular weight is 396 g/mol. The van der Waals surface area contributed by atoms with Crippen LogP contribution in [0.15, 0.2) is 48.5 Å². The molecule has 2 rings (SSSR count). The van der Waals surface area contributed by atoms with Crippen LogP contribution in [0.2, 0.25) is 0 Å². The van der Waals surface area contributed by atoms with Gasteiger partial charge >= 0.3 is 0 Å². The summed E-state index contributed by atoms with van der Waals surface area (Å²) in [5, 5.41) is 0. The Kier molecular flexibility index (Phi) is 5.15. The molecule has 2 amide bonds. The minimum absolute atomic E-state index is 0.359. The highest BCUT2D eigenvalue weighted by Crippen LogP contribution is 2.12. The zero-order valence-electron chi connectivity index (χ0n) is 11.2. The molecular formula is C15H13IN2O3. The number of amides is 2. The molecule has 108 valence electrons. The highest BCUT2D eigenvalue weighted by molar-refractivity contribution is 14.1. The zero-order chi connectivity index (χ0) is 15.2. The molecule has 0 fully saturated rings. The van der Waals surface area contributed by atoms with Crippen LogP contribution in [0.3, 0.4) is 0 Å². The Balaban J connectivity index is 1.97. The molecule has 2 aromatic carbocycles. The maximum absolute atomic E-state index is 12.0. The first kappa shape index (κ1) is 15.3. The van der Waals surface area contributed by atoms with E-state index in [2.05, 4.69) is 33.4 Å². The first-order valence-corrected chi connectivity index (χ1v) is 7.19. The number of rotatable bonds is 3. The van der Waals surface area contributed by atoms with Gasteiger partial charge in [-0.2, -0.15) is 0 Å². The van der Waals surface area contributed by atoms with Crippen molar-refractivity contribution in [3.8, 4) is 5.75 Å². The summed E-state index contributed by atoms with van der Waals surface area (Å²) in [6.45, 7) is 0. The van der Waals surface area contributed by atoms with E-state index in [4.69, 9.17) is 4.74 Å². The third kappa shape index (κ3) is 3.94. The Morgan fingerprint density at radius 1 is 0.952 bits per heavy atom. The Bertz CT molecular complexity index is 656. The van der Waals surface area contributed by atoms with Crippen molar-refractivity contribution >= 4 is 34.4 Å². The van der Waals surface area contributed by atoms with Gasteiger partial charge in [0.2, 0.25) is 0 Å². The van der Waals surface area contributed by atoms with Gasteiger partial charge in [0, 0.05) is 9.13 Å². The lowest BCUT2D eigenvalue weighted by Gasteiger charge is -2.09. The monoisotopic (exact) mass is 396 g/mol. The fourth-order valence-electron chi connectivity index (χ4n) is 1.64. The van der Waals surface area contributed by atoms with E-state index in [0.717, 1.165) is 3.57 Å². The number of hydrogen-bond acceptors (Lipinski definition) is 3. The van der Waals surface area contributed by atoms with Gasteiger partial charge in [0.25, 0.3) is 11.8 Å². The summed E-state index contributed by atoms with van der Waals surface area (Å²) in [5.74, 6) is -0.0896. The molecule has 0 aliphatic heterocycles. The molecule has 0 spiro atoms. The van der Waals surface area contributed by atoms with Gasteiger partial charge in [0.05, 0.1) is 12.7 Å². The van der Waals surface area contributed by atoms with E-state index in [1.165, 1.54) is 0 Å². The topological polar surface area (TPSA) is 67.4 Å². The maximum Gasteiger partial charge on any atom is 0.270 e. The molecule has 2 N–H and O–H groups in total. The van der Waals surface area contributed by atoms with Crippen LogP contribution in [0.4, 0.5) is 0 Å². The number of ether oxygens (including phenoxy) is 1. The molecule has 0 aromatic heterocycles. The lowest BCUT2D eigenvalue weighted by atomic mass is 10.2. The van der Waals surface area contributed by atoms with E-state index in [0.29, 0.717) is 16.9 Å². The van der Waals surface area contributed by atoms with Gasteiger partial charge in [-0.15, -0.1) is 0 Å². The van der Waals surface area contributed by atoms with E-state index in [9.17, 15) is 9.59 Å². The quantitative estimate of drug-likeness (QED) is 0.619. The first-order chi connectivity index (χ1) is 10.1. The fraction of sp³-hybridized carbons (Fsp3) is 0.0667. The predicted octanol–water partition coefficient (Wildman–Crippen LogP) is 2.37. The van der Waals surface area contributed by atoms with Crippen LogP contribution in [0.1, 0.15) is 20.7 Å². The number of hydrazine groups is 1. The predicted molar refractivity (Wildman–Crippen MR) is 87.1 cm³/mol. The normalized spacial score (nSPS) is 9.81. The van der Waals surface area contributed by atoms with E-state index in [1.54, 1.807) is 43.5 Å². The summed E-state index contributed by atoms with van der Waals surface area (Å²) in [7, 11) is 1.55. The third-order valence-electron chi connectivity index (χ3n) is 2.76. The van der Waals surface area contributed by atoms with E-state index in [1.807, 2.05) is 12.1 Å². The van der Waals surface area contributed by atoms with Crippen LogP contribution in [-0.2, 0) is 0 Å². The summed E-state index contributed by atoms with van der Waals surface area (Å²) in [4.78, 5) is 23.8. The second kappa shape index (κ2) is 7.07. The van der Waals surface area contributed by atoms with Crippen molar-refractivity contribution in [1.82, 2.24) is 10.9 Å². The maximum atomic E-state index is 12.0. The Labute approximate surface area is 135 Å². The van der Waals surface area contributed by atoms with Crippen LogP contribution in [0.5, 0.6) is 5.75 Å². The van der Waals surface area contributed by atoms with Gasteiger partial charge in [-0.1, -0.05) is 12.1 Å². The molecule has 0 heterocycles. The summed E-state index contributed by atoms with van der Waals surface area (Å²) in [6, 6.07) is 13.7. The van der Waals surface area contributed by atoms with Crippen LogP contribution in [0.25, 0.3) is 0 Å². The SMILES string of the molecule is COc1ccc(C(=O)NNC(=O)c2ccccc2I)cc1. The van der Waals surface area contributed by atoms with Gasteiger partial charge in [0.15, 0.2) is 0 Å². The molecule has 0 atom stereocenters. The molecule has 0 saturated heterocycles. The minimum Gasteiger partial charge on any atom is -0.497 e. The minimum atomic E-state index is -0.392. The van der Waals surface area contributed by atoms with E-state index in [-0.39, 0.29) is 5.91 Å². The third-order valence-corrected chi connectivity index (χ3v) is 3.70. The molecule has 6 heteroatoms. The smallest absolute Gasteiger partial charge is 0.270 e. The van der Waals surface area contributed by atoms with E-state index < -0.39 is 5.91 Å². The molecule has 2 aromatic rings. The van der Waals surface area contributed by atoms with Crippen LogP contribution in [-0.4, -0.2) is 18.9 Å². The Morgan fingerprint density at radius 3 is 2.19 bits per heavy atom. The zero-order valence-corrected chi connectivity index (χ0v) is 13.4. The fourth-order valence-corrected chi connectivity index (χ4v) is 2.27. The standard InChI is InChI=1S/C15H13IN2O3/c1-21-11-8-6-10(7-9-11)14(19)17-18-15(20)12-4-2-3-5-13(12)16/h2-9H,1H3,(H,17,19)(H,18,20). The molecule has 0 radical (unpaired) electrons. The number of benzene rings is 2. The number of carbonyl (C=O) groups excluding carboxylic acids is 2. The average Bonchev–Trinajstić information content (AvgIpc) is 2.52. The van der Waals surface area contributed by atoms with Gasteiger partial charge < -0.3 is 4.74 Å². The molecule has 0 saturated carbocycles. The molecular weight excluding hydrogens is 383 g/mol. The number of carbonyl (C=O) groups is 2. The largest absolute Gasteiger partial charge is 0.497 e. The molecule has 21 heavy (non-hydrogen) atoms. The van der Waals surface area contributed by atoms with Crippen LogP contribution in [0, 0.1) is 3.57 Å². The molecule has 5 nitrogen and oxygen atoms in total. The van der Waals surface area contributed by atoms with Gasteiger partial charge in [-0.25, -0.2) is 0 Å². The van der Waals surface area contributed by atoms with Crippen molar-refractivity contribution in [2.45, 2.75) is 0 Å². The van der Waals surface area contributed by atoms with Crippen LogP contribution < -0.4 is 15.6 Å². The number of nitrogens with one attached hydrogen (secondary N) is 2. The Hall–Kier alpha value is -2.09. The van der Waals surface area contributed by atoms with Crippen LogP contribution >= 0.6 is 22.6 Å². The molecule has 0 bridgehead atoms. The number of halogens is 1. The van der Waals surface area contributed by atoms with Crippen molar-refractivity contribution in [1.29, 1.82) is 0 Å². The number of hydrogen-bond donors (Lipinski definition) is 2. The van der Waals surface area contributed by atoms with E-state index >= 15 is 0 Å². The van der Waals surface area contributed by atoms with Crippen molar-refractivity contribution in [2.24, 2.45) is 0 Å². The lowest BCUT2D eigenvalue weighted by Crippen LogP contribution is -2.41. The highest BCUT2D eigenvalue weighted by Gasteiger charge is 2.11. The van der Waals surface area contributed by atoms with Gasteiger partial charge in [0.1, 0.15) is 5.75 Å². The lowest BCUT2D eigenvalue weighted by molar-refractivity contribution is 0.0846.